The van der Waals surface area contributed by atoms with E-state index < -0.39 is 7.26 Å². The summed E-state index contributed by atoms with van der Waals surface area (Å²) in [4.78, 5) is 0. The summed E-state index contributed by atoms with van der Waals surface area (Å²) in [6, 6.07) is 0. The minimum absolute atomic E-state index is 0. The minimum atomic E-state index is -0.665. The lowest BCUT2D eigenvalue weighted by Crippen LogP contribution is -3.00. The molecule has 0 aliphatic heterocycles. The molecular weight excluding hydrogens is 458 g/mol. The van der Waals surface area contributed by atoms with Crippen LogP contribution in [0.3, 0.4) is 0 Å². The summed E-state index contributed by atoms with van der Waals surface area (Å²) in [5, 5.41) is 0. The van der Waals surface area contributed by atoms with Crippen LogP contribution in [0.25, 0.3) is 0 Å². The number of halogens is 1. The van der Waals surface area contributed by atoms with Crippen LogP contribution in [-0.4, -0.2) is 24.6 Å². The van der Waals surface area contributed by atoms with E-state index in [0.717, 1.165) is 0 Å². The third-order valence-electron chi connectivity index (χ3n) is 6.19. The molecule has 0 amide bonds. The van der Waals surface area contributed by atoms with Crippen molar-refractivity contribution in [3.05, 3.63) is 0 Å². The number of rotatable bonds is 21. The topological polar surface area (TPSA) is 0 Å². The van der Waals surface area contributed by atoms with Crippen molar-refractivity contribution < 1.29 is 24.0 Å². The predicted octanol–water partition coefficient (Wildman–Crippen LogP) is 6.72. The van der Waals surface area contributed by atoms with Crippen LogP contribution in [0.2, 0.25) is 0 Å². The van der Waals surface area contributed by atoms with Gasteiger partial charge in [-0.25, -0.2) is 0 Å². The van der Waals surface area contributed by atoms with E-state index in [1.165, 1.54) is 103 Å². The molecule has 0 spiro atoms. The van der Waals surface area contributed by atoms with E-state index in [9.17, 15) is 0 Å². The maximum absolute atomic E-state index is 2.35. The molecule has 0 aliphatic rings. The van der Waals surface area contributed by atoms with Gasteiger partial charge in [0, 0.05) is 7.26 Å². The van der Waals surface area contributed by atoms with Crippen LogP contribution in [0.1, 0.15) is 137 Å². The van der Waals surface area contributed by atoms with E-state index in [2.05, 4.69) is 27.7 Å². The summed E-state index contributed by atoms with van der Waals surface area (Å²) in [5.74, 6) is 0. The van der Waals surface area contributed by atoms with Crippen LogP contribution in [0, 0.1) is 0 Å². The third-order valence-corrected chi connectivity index (χ3v) is 11.3. The van der Waals surface area contributed by atoms with Gasteiger partial charge in [-0.05, 0) is 51.4 Å². The lowest BCUT2D eigenvalue weighted by molar-refractivity contribution is -0.00000602. The monoisotopic (exact) mass is 512 g/mol. The zero-order valence-corrected chi connectivity index (χ0v) is 22.7. The van der Waals surface area contributed by atoms with Gasteiger partial charge >= 0.3 is 0 Å². The first kappa shape index (κ1) is 30.4. The van der Waals surface area contributed by atoms with E-state index >= 15 is 0 Å². The Kier molecular flexibility index (Phi) is 26.4. The van der Waals surface area contributed by atoms with Gasteiger partial charge in [-0.15, -0.1) is 0 Å². The fourth-order valence-electron chi connectivity index (χ4n) is 4.34. The van der Waals surface area contributed by atoms with Crippen LogP contribution >= 0.6 is 7.26 Å². The van der Waals surface area contributed by atoms with Crippen molar-refractivity contribution in [3.8, 4) is 0 Å². The molecule has 0 fully saturated rings. The van der Waals surface area contributed by atoms with Crippen LogP contribution < -0.4 is 24.0 Å². The molecule has 0 bridgehead atoms. The summed E-state index contributed by atoms with van der Waals surface area (Å²) in [6.45, 7) is 9.40. The van der Waals surface area contributed by atoms with Gasteiger partial charge in [0.1, 0.15) is 0 Å². The molecule has 0 saturated heterocycles. The Labute approximate surface area is 192 Å². The van der Waals surface area contributed by atoms with Gasteiger partial charge in [0.05, 0.1) is 24.6 Å². The second-order valence-corrected chi connectivity index (χ2v) is 13.3. The molecule has 0 aromatic heterocycles. The first-order valence-corrected chi connectivity index (χ1v) is 15.1. The second-order valence-electron chi connectivity index (χ2n) is 8.83. The van der Waals surface area contributed by atoms with E-state index in [-0.39, 0.29) is 24.0 Å². The number of hydrogen-bond donors (Lipinski definition) is 0. The summed E-state index contributed by atoms with van der Waals surface area (Å²) in [5.41, 5.74) is 0. The first-order chi connectivity index (χ1) is 12.7. The Morgan fingerprint density at radius 1 is 0.333 bits per heavy atom. The number of hydrogen-bond acceptors (Lipinski definition) is 0. The van der Waals surface area contributed by atoms with Gasteiger partial charge in [0.2, 0.25) is 0 Å². The molecule has 0 nitrogen and oxygen atoms in total. The fourth-order valence-corrected chi connectivity index (χ4v) is 9.26. The molecule has 0 aliphatic carbocycles. The summed E-state index contributed by atoms with van der Waals surface area (Å²) in [7, 11) is -0.665. The van der Waals surface area contributed by atoms with Crippen molar-refractivity contribution in [1.29, 1.82) is 0 Å². The predicted molar refractivity (Wildman–Crippen MR) is 128 cm³/mol. The average Bonchev–Trinajstić information content (AvgIpc) is 2.65. The SMILES string of the molecule is CCCCCCC[P+](CCCCCC)(CCCCCC)CCCCCC.[I-]. The lowest BCUT2D eigenvalue weighted by Gasteiger charge is -2.28. The van der Waals surface area contributed by atoms with Crippen molar-refractivity contribution in [3.63, 3.8) is 0 Å². The van der Waals surface area contributed by atoms with E-state index in [1.807, 2.05) is 0 Å². The Bertz CT molecular complexity index is 236. The smallest absolute Gasteiger partial charge is 0.0594 e. The van der Waals surface area contributed by atoms with Gasteiger partial charge in [0.25, 0.3) is 0 Å². The Balaban J connectivity index is 0. The van der Waals surface area contributed by atoms with E-state index in [1.54, 1.807) is 31.1 Å². The van der Waals surface area contributed by atoms with Crippen LogP contribution in [0.4, 0.5) is 0 Å². The molecule has 166 valence electrons. The van der Waals surface area contributed by atoms with Gasteiger partial charge < -0.3 is 24.0 Å². The van der Waals surface area contributed by atoms with Crippen LogP contribution in [0.15, 0.2) is 0 Å². The molecule has 0 aromatic rings. The third kappa shape index (κ3) is 18.9. The maximum Gasteiger partial charge on any atom is 0.0594 e. The molecule has 0 saturated carbocycles. The Morgan fingerprint density at radius 2 is 0.556 bits per heavy atom. The van der Waals surface area contributed by atoms with Crippen molar-refractivity contribution in [2.45, 2.75) is 137 Å². The zero-order chi connectivity index (χ0) is 19.3. The molecular formula is C25H54IP. The van der Waals surface area contributed by atoms with Gasteiger partial charge in [-0.3, -0.25) is 0 Å². The highest BCUT2D eigenvalue weighted by atomic mass is 127. The Hall–Kier alpha value is 1.16. The zero-order valence-electron chi connectivity index (χ0n) is 19.7. The van der Waals surface area contributed by atoms with Crippen molar-refractivity contribution >= 4 is 7.26 Å². The Morgan fingerprint density at radius 3 is 0.815 bits per heavy atom. The van der Waals surface area contributed by atoms with Gasteiger partial charge in [-0.1, -0.05) is 85.5 Å². The highest BCUT2D eigenvalue weighted by Crippen LogP contribution is 2.61. The molecule has 0 radical (unpaired) electrons. The maximum atomic E-state index is 2.35. The van der Waals surface area contributed by atoms with Crippen molar-refractivity contribution in [1.82, 2.24) is 0 Å². The highest BCUT2D eigenvalue weighted by Gasteiger charge is 2.34. The molecule has 0 rings (SSSR count). The lowest BCUT2D eigenvalue weighted by atomic mass is 10.2. The van der Waals surface area contributed by atoms with Crippen LogP contribution in [0.5, 0.6) is 0 Å². The molecule has 27 heavy (non-hydrogen) atoms. The highest BCUT2D eigenvalue weighted by molar-refractivity contribution is 7.75. The fraction of sp³-hybridized carbons (Fsp3) is 1.00. The van der Waals surface area contributed by atoms with Gasteiger partial charge in [0.15, 0.2) is 0 Å². The minimum Gasteiger partial charge on any atom is -1.00 e. The summed E-state index contributed by atoms with van der Waals surface area (Å²) in [6.07, 6.45) is 31.6. The largest absolute Gasteiger partial charge is 1.00 e. The average molecular weight is 513 g/mol. The standard InChI is InChI=1S/C25H54P.HI/c1-5-9-13-17-21-25-26(22-18-14-10-6-2,23-19-15-11-7-3)24-20-16-12-8-4;/h5-25H2,1-4H3;1H/q+1;/p-1. The molecule has 2 heteroatoms. The molecule has 0 heterocycles. The van der Waals surface area contributed by atoms with E-state index in [4.69, 9.17) is 0 Å². The molecule has 0 unspecified atom stereocenters. The van der Waals surface area contributed by atoms with E-state index in [0.29, 0.717) is 0 Å². The summed E-state index contributed by atoms with van der Waals surface area (Å²) >= 11 is 0. The normalized spacial score (nSPS) is 11.6. The molecule has 0 aromatic carbocycles. The first-order valence-electron chi connectivity index (χ1n) is 12.6. The van der Waals surface area contributed by atoms with Crippen molar-refractivity contribution in [2.24, 2.45) is 0 Å². The summed E-state index contributed by atoms with van der Waals surface area (Å²) < 4.78 is 0. The second kappa shape index (κ2) is 23.4. The molecule has 0 N–H and O–H groups in total. The van der Waals surface area contributed by atoms with Gasteiger partial charge in [-0.2, -0.15) is 0 Å². The van der Waals surface area contributed by atoms with Crippen LogP contribution in [-0.2, 0) is 0 Å². The number of unbranched alkanes of at least 4 members (excludes halogenated alkanes) is 13. The van der Waals surface area contributed by atoms with Crippen molar-refractivity contribution in [2.75, 3.05) is 24.6 Å². The quantitative estimate of drug-likeness (QED) is 0.0910. The molecule has 0 atom stereocenters.